The lowest BCUT2D eigenvalue weighted by molar-refractivity contribution is -0.387. The summed E-state index contributed by atoms with van der Waals surface area (Å²) in [5.74, 6) is 0.349. The number of halogens is 3. The largest absolute Gasteiger partial charge is 0.417 e. The fourth-order valence-electron chi connectivity index (χ4n) is 2.06. The van der Waals surface area contributed by atoms with Crippen molar-refractivity contribution in [3.63, 3.8) is 0 Å². The second-order valence-corrected chi connectivity index (χ2v) is 7.34. The fraction of sp³-hybridized carbons (Fsp3) is 0.0625. The second kappa shape index (κ2) is 8.45. The van der Waals surface area contributed by atoms with E-state index in [1.54, 1.807) is 11.4 Å². The van der Waals surface area contributed by atoms with Gasteiger partial charge in [0.2, 0.25) is 5.13 Å². The molecule has 0 saturated carbocycles. The van der Waals surface area contributed by atoms with Crippen molar-refractivity contribution in [2.24, 2.45) is 5.10 Å². The van der Waals surface area contributed by atoms with E-state index in [0.717, 1.165) is 23.9 Å². The summed E-state index contributed by atoms with van der Waals surface area (Å²) < 4.78 is 37.8. The van der Waals surface area contributed by atoms with Crippen LogP contribution < -0.4 is 11.2 Å². The van der Waals surface area contributed by atoms with Gasteiger partial charge in [-0.25, -0.2) is 9.97 Å². The highest BCUT2D eigenvalue weighted by atomic mass is 32.2. The number of anilines is 2. The van der Waals surface area contributed by atoms with E-state index in [1.165, 1.54) is 29.7 Å². The van der Waals surface area contributed by atoms with Gasteiger partial charge in [-0.15, -0.1) is 11.3 Å². The van der Waals surface area contributed by atoms with E-state index in [4.69, 9.17) is 5.73 Å². The molecule has 2 heterocycles. The Hall–Kier alpha value is -3.19. The van der Waals surface area contributed by atoms with Crippen molar-refractivity contribution in [2.75, 3.05) is 11.2 Å². The van der Waals surface area contributed by atoms with Crippen LogP contribution in [0.15, 0.2) is 56.9 Å². The van der Waals surface area contributed by atoms with Gasteiger partial charge in [0.05, 0.1) is 21.6 Å². The van der Waals surface area contributed by atoms with Crippen molar-refractivity contribution in [3.05, 3.63) is 63.1 Å². The summed E-state index contributed by atoms with van der Waals surface area (Å²) >= 11 is 2.14. The monoisotopic (exact) mass is 440 g/mol. The highest BCUT2D eigenvalue weighted by molar-refractivity contribution is 7.99. The van der Waals surface area contributed by atoms with Gasteiger partial charge in [0.25, 0.3) is 5.69 Å². The van der Waals surface area contributed by atoms with Crippen LogP contribution in [0.2, 0.25) is 0 Å². The molecule has 13 heteroatoms. The van der Waals surface area contributed by atoms with Gasteiger partial charge in [0.1, 0.15) is 10.8 Å². The van der Waals surface area contributed by atoms with Crippen LogP contribution >= 0.6 is 23.1 Å². The standard InChI is InChI=1S/C16H11F3N6O2S2/c17-16(18,19)10-2-4-14(21-7-10)29-12-3-1-9(5-11(12)25(26)27)6-22-24-15-23-13(20)8-28-15/h1-8H,20H2,(H,23,24). The number of benzene rings is 1. The van der Waals surface area contributed by atoms with Crippen molar-refractivity contribution >= 4 is 46.0 Å². The smallest absolute Gasteiger partial charge is 0.383 e. The highest BCUT2D eigenvalue weighted by Crippen LogP contribution is 2.35. The lowest BCUT2D eigenvalue weighted by Gasteiger charge is -2.07. The average Bonchev–Trinajstić information content (AvgIpc) is 3.07. The van der Waals surface area contributed by atoms with Crippen LogP contribution in [0.5, 0.6) is 0 Å². The molecule has 2 aromatic heterocycles. The predicted molar refractivity (Wildman–Crippen MR) is 104 cm³/mol. The number of hydrazone groups is 1. The molecule has 0 aliphatic carbocycles. The van der Waals surface area contributed by atoms with Crippen molar-refractivity contribution in [1.29, 1.82) is 0 Å². The van der Waals surface area contributed by atoms with Gasteiger partial charge in [-0.2, -0.15) is 18.3 Å². The minimum Gasteiger partial charge on any atom is -0.383 e. The van der Waals surface area contributed by atoms with E-state index in [1.807, 2.05) is 0 Å². The second-order valence-electron chi connectivity index (χ2n) is 5.42. The van der Waals surface area contributed by atoms with Gasteiger partial charge in [0, 0.05) is 23.2 Å². The van der Waals surface area contributed by atoms with Crippen molar-refractivity contribution in [1.82, 2.24) is 9.97 Å². The third-order valence-electron chi connectivity index (χ3n) is 3.35. The average molecular weight is 440 g/mol. The minimum atomic E-state index is -4.50. The van der Waals surface area contributed by atoms with Crippen LogP contribution in [-0.4, -0.2) is 21.1 Å². The summed E-state index contributed by atoms with van der Waals surface area (Å²) in [4.78, 5) is 18.7. The molecule has 1 aromatic carbocycles. The number of hydrogen-bond donors (Lipinski definition) is 2. The molecule has 0 radical (unpaired) electrons. The number of aromatic nitrogens is 2. The van der Waals surface area contributed by atoms with Gasteiger partial charge < -0.3 is 5.73 Å². The highest BCUT2D eigenvalue weighted by Gasteiger charge is 2.30. The number of nitro benzene ring substituents is 1. The molecule has 0 saturated heterocycles. The van der Waals surface area contributed by atoms with Crippen LogP contribution in [0.3, 0.4) is 0 Å². The van der Waals surface area contributed by atoms with Crippen LogP contribution in [0.4, 0.5) is 29.8 Å². The first-order valence-corrected chi connectivity index (χ1v) is 9.41. The molecule has 29 heavy (non-hydrogen) atoms. The Morgan fingerprint density at radius 1 is 1.31 bits per heavy atom. The fourth-order valence-corrected chi connectivity index (χ4v) is 3.45. The summed E-state index contributed by atoms with van der Waals surface area (Å²) in [6, 6.07) is 6.40. The van der Waals surface area contributed by atoms with E-state index >= 15 is 0 Å². The maximum absolute atomic E-state index is 12.6. The molecule has 3 aromatic rings. The third kappa shape index (κ3) is 5.42. The molecule has 0 spiro atoms. The molecule has 150 valence electrons. The number of alkyl halides is 3. The Morgan fingerprint density at radius 2 is 2.10 bits per heavy atom. The minimum absolute atomic E-state index is 0.200. The van der Waals surface area contributed by atoms with Crippen LogP contribution in [0, 0.1) is 10.1 Å². The zero-order valence-electron chi connectivity index (χ0n) is 14.3. The number of nitro groups is 1. The molecule has 0 fully saturated rings. The topological polar surface area (TPSA) is 119 Å². The number of rotatable bonds is 6. The van der Waals surface area contributed by atoms with Gasteiger partial charge >= 0.3 is 6.18 Å². The summed E-state index contributed by atoms with van der Waals surface area (Å²) in [7, 11) is 0. The zero-order chi connectivity index (χ0) is 21.0. The van der Waals surface area contributed by atoms with Crippen molar-refractivity contribution < 1.29 is 18.1 Å². The van der Waals surface area contributed by atoms with Crippen LogP contribution in [0.25, 0.3) is 0 Å². The number of hydrogen-bond acceptors (Lipinski definition) is 9. The maximum atomic E-state index is 12.6. The molecule has 0 aliphatic rings. The Bertz CT molecular complexity index is 1050. The molecular formula is C16H11F3N6O2S2. The first-order chi connectivity index (χ1) is 13.7. The number of nitrogens with one attached hydrogen (secondary N) is 1. The van der Waals surface area contributed by atoms with Crippen molar-refractivity contribution in [3.8, 4) is 0 Å². The van der Waals surface area contributed by atoms with E-state index < -0.39 is 16.7 Å². The molecule has 0 unspecified atom stereocenters. The van der Waals surface area contributed by atoms with E-state index in [0.29, 0.717) is 22.7 Å². The summed E-state index contributed by atoms with van der Waals surface area (Å²) in [5.41, 5.74) is 7.48. The van der Waals surface area contributed by atoms with E-state index in [2.05, 4.69) is 20.5 Å². The normalized spacial score (nSPS) is 11.7. The predicted octanol–water partition coefficient (Wildman–Crippen LogP) is 4.64. The SMILES string of the molecule is Nc1csc(NN=Cc2ccc(Sc3ccc(C(F)(F)F)cn3)c([N+](=O)[O-])c2)n1. The number of nitrogens with two attached hydrogens (primary N) is 1. The molecule has 3 rings (SSSR count). The molecule has 0 amide bonds. The molecule has 0 aliphatic heterocycles. The van der Waals surface area contributed by atoms with Gasteiger partial charge in [-0.05, 0) is 18.2 Å². The van der Waals surface area contributed by atoms with Gasteiger partial charge in [0.15, 0.2) is 0 Å². The first-order valence-electron chi connectivity index (χ1n) is 7.72. The number of nitrogens with zero attached hydrogens (tertiary/aromatic N) is 4. The lowest BCUT2D eigenvalue weighted by Crippen LogP contribution is -2.05. The number of pyridine rings is 1. The van der Waals surface area contributed by atoms with E-state index in [9.17, 15) is 23.3 Å². The molecule has 3 N–H and O–H groups in total. The first kappa shape index (κ1) is 20.5. The quantitative estimate of drug-likeness (QED) is 0.325. The number of nitrogen functional groups attached to an aromatic ring is 1. The Morgan fingerprint density at radius 3 is 2.69 bits per heavy atom. The summed E-state index contributed by atoms with van der Waals surface area (Å²) in [6.07, 6.45) is -2.44. The molecular weight excluding hydrogens is 429 g/mol. The Balaban J connectivity index is 1.76. The number of thiazole rings is 1. The van der Waals surface area contributed by atoms with E-state index in [-0.39, 0.29) is 15.6 Å². The summed E-state index contributed by atoms with van der Waals surface area (Å²) in [5, 5.41) is 17.6. The lowest BCUT2D eigenvalue weighted by atomic mass is 10.2. The Kier molecular flexibility index (Phi) is 5.98. The van der Waals surface area contributed by atoms with Crippen LogP contribution in [-0.2, 0) is 6.18 Å². The maximum Gasteiger partial charge on any atom is 0.417 e. The molecule has 8 nitrogen and oxygen atoms in total. The van der Waals surface area contributed by atoms with Crippen LogP contribution in [0.1, 0.15) is 11.1 Å². The summed E-state index contributed by atoms with van der Waals surface area (Å²) in [6.45, 7) is 0. The van der Waals surface area contributed by atoms with Gasteiger partial charge in [-0.3, -0.25) is 15.5 Å². The molecule has 0 bridgehead atoms. The Labute approximate surface area is 169 Å². The molecule has 0 atom stereocenters. The van der Waals surface area contributed by atoms with Crippen molar-refractivity contribution in [2.45, 2.75) is 16.1 Å². The van der Waals surface area contributed by atoms with Gasteiger partial charge in [-0.1, -0.05) is 17.8 Å². The zero-order valence-corrected chi connectivity index (χ0v) is 15.9. The third-order valence-corrected chi connectivity index (χ3v) is 5.13.